The molecule has 0 saturated carbocycles. The van der Waals surface area contributed by atoms with Crippen LogP contribution in [-0.2, 0) is 22.1 Å². The average Bonchev–Trinajstić information content (AvgIpc) is 2.89. The van der Waals surface area contributed by atoms with Crippen LogP contribution in [0.25, 0.3) is 22.3 Å². The van der Waals surface area contributed by atoms with Gasteiger partial charge in [0.05, 0.1) is 17.8 Å². The molecule has 206 valence electrons. The predicted molar refractivity (Wildman–Crippen MR) is 141 cm³/mol. The molecule has 39 heavy (non-hydrogen) atoms. The van der Waals surface area contributed by atoms with Crippen LogP contribution in [0.3, 0.4) is 0 Å². The van der Waals surface area contributed by atoms with Crippen molar-refractivity contribution in [1.29, 1.82) is 0 Å². The molecule has 1 unspecified atom stereocenters. The van der Waals surface area contributed by atoms with Crippen LogP contribution in [0, 0.1) is 0 Å². The summed E-state index contributed by atoms with van der Waals surface area (Å²) in [7, 11) is 1.50. The van der Waals surface area contributed by atoms with E-state index in [9.17, 15) is 27.9 Å². The second-order valence-electron chi connectivity index (χ2n) is 10.3. The molecule has 6 nitrogen and oxygen atoms in total. The summed E-state index contributed by atoms with van der Waals surface area (Å²) in [5.41, 5.74) is -0.0198. The van der Waals surface area contributed by atoms with Crippen LogP contribution in [-0.4, -0.2) is 36.2 Å². The minimum absolute atomic E-state index is 0.0996. The van der Waals surface area contributed by atoms with Crippen molar-refractivity contribution in [3.05, 3.63) is 76.9 Å². The SMILES string of the molecule is CNC(=O)c1ccc(-c2ccc(C(F)(F)F)c(C(OC(C)(C)C)C(=O)O)c2-c2ccc3c(c2)CCCO3)cc1. The first-order valence-corrected chi connectivity index (χ1v) is 12.5. The van der Waals surface area contributed by atoms with Gasteiger partial charge in [-0.15, -0.1) is 0 Å². The van der Waals surface area contributed by atoms with E-state index in [-0.39, 0.29) is 11.5 Å². The maximum Gasteiger partial charge on any atom is 0.416 e. The lowest BCUT2D eigenvalue weighted by molar-refractivity contribution is -0.163. The summed E-state index contributed by atoms with van der Waals surface area (Å²) in [5.74, 6) is -1.20. The third kappa shape index (κ3) is 6.09. The molecule has 1 amide bonds. The fourth-order valence-electron chi connectivity index (χ4n) is 4.74. The Morgan fingerprint density at radius 3 is 2.26 bits per heavy atom. The predicted octanol–water partition coefficient (Wildman–Crippen LogP) is 6.66. The Labute approximate surface area is 224 Å². The maximum absolute atomic E-state index is 14.5. The average molecular weight is 542 g/mol. The number of hydrogen-bond acceptors (Lipinski definition) is 4. The molecule has 0 fully saturated rings. The zero-order valence-electron chi connectivity index (χ0n) is 22.1. The van der Waals surface area contributed by atoms with Crippen LogP contribution >= 0.6 is 0 Å². The number of carbonyl (C=O) groups is 2. The number of nitrogens with one attached hydrogen (secondary N) is 1. The number of rotatable bonds is 6. The molecule has 1 aliphatic rings. The number of carboxylic acid groups (broad SMARTS) is 1. The van der Waals surface area contributed by atoms with Crippen LogP contribution in [0.4, 0.5) is 13.2 Å². The van der Waals surface area contributed by atoms with E-state index in [1.807, 2.05) is 0 Å². The Morgan fingerprint density at radius 1 is 1.00 bits per heavy atom. The summed E-state index contributed by atoms with van der Waals surface area (Å²) >= 11 is 0. The van der Waals surface area contributed by atoms with Crippen LogP contribution in [0.15, 0.2) is 54.6 Å². The van der Waals surface area contributed by atoms with Gasteiger partial charge in [-0.05, 0) is 91.8 Å². The van der Waals surface area contributed by atoms with Gasteiger partial charge in [0.25, 0.3) is 5.91 Å². The first kappa shape index (κ1) is 28.2. The largest absolute Gasteiger partial charge is 0.493 e. The van der Waals surface area contributed by atoms with Crippen LogP contribution in [0.5, 0.6) is 5.75 Å². The van der Waals surface area contributed by atoms with E-state index in [0.717, 1.165) is 18.1 Å². The van der Waals surface area contributed by atoms with Crippen molar-refractivity contribution >= 4 is 11.9 Å². The number of carboxylic acids is 1. The van der Waals surface area contributed by atoms with Gasteiger partial charge in [-0.3, -0.25) is 4.79 Å². The summed E-state index contributed by atoms with van der Waals surface area (Å²) in [6, 6.07) is 13.7. The van der Waals surface area contributed by atoms with Gasteiger partial charge in [0, 0.05) is 18.2 Å². The van der Waals surface area contributed by atoms with E-state index >= 15 is 0 Å². The van der Waals surface area contributed by atoms with Gasteiger partial charge >= 0.3 is 12.1 Å². The Morgan fingerprint density at radius 2 is 1.67 bits per heavy atom. The first-order valence-electron chi connectivity index (χ1n) is 12.5. The third-order valence-corrected chi connectivity index (χ3v) is 6.39. The van der Waals surface area contributed by atoms with Gasteiger partial charge in [-0.2, -0.15) is 13.2 Å². The van der Waals surface area contributed by atoms with Crippen molar-refractivity contribution in [3.63, 3.8) is 0 Å². The van der Waals surface area contributed by atoms with Crippen LogP contribution in [0.2, 0.25) is 0 Å². The Hall–Kier alpha value is -3.85. The number of aryl methyl sites for hydroxylation is 1. The fraction of sp³-hybridized carbons (Fsp3) is 0.333. The molecule has 1 aliphatic heterocycles. The van der Waals surface area contributed by atoms with Crippen LogP contribution < -0.4 is 10.1 Å². The Kier molecular flexibility index (Phi) is 7.75. The topological polar surface area (TPSA) is 84.9 Å². The van der Waals surface area contributed by atoms with E-state index in [0.29, 0.717) is 41.0 Å². The number of alkyl halides is 3. The highest BCUT2D eigenvalue weighted by Gasteiger charge is 2.41. The number of benzene rings is 3. The monoisotopic (exact) mass is 541 g/mol. The van der Waals surface area contributed by atoms with Crippen molar-refractivity contribution in [3.8, 4) is 28.0 Å². The molecule has 9 heteroatoms. The summed E-state index contributed by atoms with van der Waals surface area (Å²) in [6.45, 7) is 5.32. The molecule has 0 aliphatic carbocycles. The first-order chi connectivity index (χ1) is 18.3. The van der Waals surface area contributed by atoms with E-state index in [2.05, 4.69) is 5.32 Å². The zero-order chi connectivity index (χ0) is 28.5. The number of hydrogen-bond donors (Lipinski definition) is 2. The molecule has 0 spiro atoms. The van der Waals surface area contributed by atoms with Crippen molar-refractivity contribution in [2.75, 3.05) is 13.7 Å². The summed E-state index contributed by atoms with van der Waals surface area (Å²) in [6.07, 6.45) is -5.33. The quantitative estimate of drug-likeness (QED) is 0.364. The molecule has 0 bridgehead atoms. The smallest absolute Gasteiger partial charge is 0.416 e. The van der Waals surface area contributed by atoms with Gasteiger partial charge < -0.3 is 19.9 Å². The minimum Gasteiger partial charge on any atom is -0.493 e. The summed E-state index contributed by atoms with van der Waals surface area (Å²) in [4.78, 5) is 24.6. The van der Waals surface area contributed by atoms with Crippen molar-refractivity contribution < 1.29 is 37.3 Å². The number of fused-ring (bicyclic) bond motifs is 1. The number of carbonyl (C=O) groups excluding carboxylic acids is 1. The van der Waals surface area contributed by atoms with Gasteiger partial charge in [-0.1, -0.05) is 24.3 Å². The summed E-state index contributed by atoms with van der Waals surface area (Å²) < 4.78 is 54.9. The molecule has 0 aromatic heterocycles. The molecule has 0 radical (unpaired) electrons. The maximum atomic E-state index is 14.5. The standard InChI is InChI=1S/C30H30F3NO5/c1-29(2,3)39-26(28(36)37)25-22(30(31,32)33)13-12-21(17-7-9-18(10-8-17)27(35)34-4)24(25)20-11-14-23-19(16-20)6-5-15-38-23/h7-14,16,26H,5-6,15H2,1-4H3,(H,34,35)(H,36,37). The number of aliphatic carboxylic acids is 1. The number of halogens is 3. The third-order valence-electron chi connectivity index (χ3n) is 6.39. The highest BCUT2D eigenvalue weighted by atomic mass is 19.4. The molecule has 3 aromatic rings. The second kappa shape index (κ2) is 10.7. The normalized spacial score (nSPS) is 14.2. The lowest BCUT2D eigenvalue weighted by atomic mass is 9.84. The number of ether oxygens (including phenoxy) is 2. The van der Waals surface area contributed by atoms with E-state index in [1.54, 1.807) is 63.2 Å². The molecular formula is C30H30F3NO5. The number of amides is 1. The van der Waals surface area contributed by atoms with E-state index in [4.69, 9.17) is 9.47 Å². The molecule has 3 aromatic carbocycles. The van der Waals surface area contributed by atoms with E-state index in [1.165, 1.54) is 13.1 Å². The highest BCUT2D eigenvalue weighted by Crippen LogP contribution is 2.47. The van der Waals surface area contributed by atoms with E-state index < -0.39 is 35.0 Å². The van der Waals surface area contributed by atoms with Crippen molar-refractivity contribution in [1.82, 2.24) is 5.32 Å². The molecule has 0 saturated heterocycles. The Bertz CT molecular complexity index is 1390. The summed E-state index contributed by atoms with van der Waals surface area (Å²) in [5, 5.41) is 12.7. The molecule has 1 atom stereocenters. The van der Waals surface area contributed by atoms with Gasteiger partial charge in [0.1, 0.15) is 5.75 Å². The zero-order valence-corrected chi connectivity index (χ0v) is 22.1. The van der Waals surface area contributed by atoms with Gasteiger partial charge in [0.15, 0.2) is 6.10 Å². The second-order valence-corrected chi connectivity index (χ2v) is 10.3. The minimum atomic E-state index is -4.85. The molecular weight excluding hydrogens is 511 g/mol. The molecule has 1 heterocycles. The lowest BCUT2D eigenvalue weighted by Gasteiger charge is -2.30. The lowest BCUT2D eigenvalue weighted by Crippen LogP contribution is -2.29. The fourth-order valence-corrected chi connectivity index (χ4v) is 4.74. The van der Waals surface area contributed by atoms with Crippen molar-refractivity contribution in [2.45, 2.75) is 51.5 Å². The molecule has 4 rings (SSSR count). The van der Waals surface area contributed by atoms with Crippen LogP contribution in [0.1, 0.15) is 60.3 Å². The Balaban J connectivity index is 2.07. The van der Waals surface area contributed by atoms with Gasteiger partial charge in [0.2, 0.25) is 0 Å². The highest BCUT2D eigenvalue weighted by molar-refractivity contribution is 5.95. The molecule has 2 N–H and O–H groups in total. The van der Waals surface area contributed by atoms with Crippen molar-refractivity contribution in [2.24, 2.45) is 0 Å². The van der Waals surface area contributed by atoms with Gasteiger partial charge in [-0.25, -0.2) is 4.79 Å².